The molecule has 0 saturated heterocycles. The van der Waals surface area contributed by atoms with Gasteiger partial charge in [-0.05, 0) is 55.5 Å². The number of carbonyl (C=O) groups excluding carboxylic acids is 1. The highest BCUT2D eigenvalue weighted by Gasteiger charge is 2.14. The summed E-state index contributed by atoms with van der Waals surface area (Å²) >= 11 is 1.50. The Labute approximate surface area is 128 Å². The van der Waals surface area contributed by atoms with Crippen LogP contribution in [0.5, 0.6) is 5.75 Å². The monoisotopic (exact) mass is 302 g/mol. The molecule has 2 rings (SSSR count). The van der Waals surface area contributed by atoms with Gasteiger partial charge in [-0.1, -0.05) is 0 Å². The number of hydrogen-bond donors (Lipinski definition) is 2. The van der Waals surface area contributed by atoms with Crippen LogP contribution in [0, 0.1) is 0 Å². The normalized spacial score (nSPS) is 11.7. The van der Waals surface area contributed by atoms with Crippen LogP contribution in [0.3, 0.4) is 0 Å². The maximum absolute atomic E-state index is 12.1. The fourth-order valence-corrected chi connectivity index (χ4v) is 2.59. The minimum atomic E-state index is -0.198. The minimum absolute atomic E-state index is 0.0411. The molecule has 0 heterocycles. The van der Waals surface area contributed by atoms with E-state index < -0.39 is 0 Å². The molecule has 0 aromatic heterocycles. The number of ether oxygens (including phenoxy) is 1. The maximum Gasteiger partial charge on any atom is 0.237 e. The number of hydrogen-bond acceptors (Lipinski definition) is 4. The Kier molecular flexibility index (Phi) is 5.11. The zero-order valence-electron chi connectivity index (χ0n) is 12.0. The average molecular weight is 302 g/mol. The number of nitrogens with two attached hydrogens (primary N) is 1. The molecule has 110 valence electrons. The number of thioether (sulfide) groups is 1. The molecule has 0 bridgehead atoms. The Hall–Kier alpha value is -2.14. The van der Waals surface area contributed by atoms with E-state index in [9.17, 15) is 4.79 Å². The van der Waals surface area contributed by atoms with Crippen LogP contribution in [0.4, 0.5) is 11.4 Å². The van der Waals surface area contributed by atoms with Gasteiger partial charge in [0.25, 0.3) is 0 Å². The highest BCUT2D eigenvalue weighted by atomic mass is 32.2. The average Bonchev–Trinajstić information content (AvgIpc) is 2.50. The molecule has 0 spiro atoms. The summed E-state index contributed by atoms with van der Waals surface area (Å²) < 4.78 is 5.11. The van der Waals surface area contributed by atoms with Crippen molar-refractivity contribution in [1.29, 1.82) is 0 Å². The Morgan fingerprint density at radius 3 is 2.33 bits per heavy atom. The number of benzene rings is 2. The third kappa shape index (κ3) is 4.43. The van der Waals surface area contributed by atoms with Gasteiger partial charge >= 0.3 is 0 Å². The van der Waals surface area contributed by atoms with Gasteiger partial charge in [0.1, 0.15) is 5.75 Å². The van der Waals surface area contributed by atoms with Crippen LogP contribution in [0.25, 0.3) is 0 Å². The van der Waals surface area contributed by atoms with Gasteiger partial charge in [-0.25, -0.2) is 0 Å². The van der Waals surface area contributed by atoms with Crippen LogP contribution < -0.4 is 15.8 Å². The number of nitrogen functional groups attached to an aromatic ring is 1. The van der Waals surface area contributed by atoms with Gasteiger partial charge < -0.3 is 15.8 Å². The first-order valence-corrected chi connectivity index (χ1v) is 7.43. The van der Waals surface area contributed by atoms with Crippen LogP contribution in [-0.4, -0.2) is 18.3 Å². The van der Waals surface area contributed by atoms with Crippen molar-refractivity contribution in [3.05, 3.63) is 48.5 Å². The lowest BCUT2D eigenvalue weighted by molar-refractivity contribution is -0.115. The number of carbonyl (C=O) groups is 1. The standard InChI is InChI=1S/C16H18N2O2S/c1-11(21-15-9-7-14(20-2)8-10-15)16(19)18-13-5-3-12(17)4-6-13/h3-11H,17H2,1-2H3,(H,18,19). The van der Waals surface area contributed by atoms with E-state index in [0.29, 0.717) is 5.69 Å². The molecule has 21 heavy (non-hydrogen) atoms. The Morgan fingerprint density at radius 1 is 1.14 bits per heavy atom. The predicted octanol–water partition coefficient (Wildman–Crippen LogP) is 3.40. The molecule has 0 fully saturated rings. The van der Waals surface area contributed by atoms with E-state index >= 15 is 0 Å². The third-order valence-corrected chi connectivity index (χ3v) is 4.03. The molecule has 2 aromatic rings. The molecule has 0 aliphatic rings. The van der Waals surface area contributed by atoms with E-state index in [1.54, 1.807) is 31.4 Å². The van der Waals surface area contributed by atoms with Gasteiger partial charge in [0, 0.05) is 16.3 Å². The van der Waals surface area contributed by atoms with Crippen LogP contribution in [0.2, 0.25) is 0 Å². The fraction of sp³-hybridized carbons (Fsp3) is 0.188. The van der Waals surface area contributed by atoms with Gasteiger partial charge in [-0.2, -0.15) is 0 Å². The van der Waals surface area contributed by atoms with Crippen molar-refractivity contribution in [3.8, 4) is 5.75 Å². The van der Waals surface area contributed by atoms with Gasteiger partial charge in [0.05, 0.1) is 12.4 Å². The molecule has 0 aliphatic heterocycles. The molecule has 0 saturated carbocycles. The molecule has 2 aromatic carbocycles. The largest absolute Gasteiger partial charge is 0.497 e. The van der Waals surface area contributed by atoms with E-state index in [4.69, 9.17) is 10.5 Å². The zero-order chi connectivity index (χ0) is 15.2. The van der Waals surface area contributed by atoms with Crippen molar-refractivity contribution in [1.82, 2.24) is 0 Å². The molecule has 3 N–H and O–H groups in total. The zero-order valence-corrected chi connectivity index (χ0v) is 12.8. The second kappa shape index (κ2) is 7.04. The summed E-state index contributed by atoms with van der Waals surface area (Å²) in [4.78, 5) is 13.2. The quantitative estimate of drug-likeness (QED) is 0.656. The Bertz CT molecular complexity index is 597. The van der Waals surface area contributed by atoms with Crippen LogP contribution in [0.1, 0.15) is 6.92 Å². The van der Waals surface area contributed by atoms with E-state index in [1.807, 2.05) is 31.2 Å². The molecular weight excluding hydrogens is 284 g/mol. The molecule has 1 unspecified atom stereocenters. The number of methoxy groups -OCH3 is 1. The van der Waals surface area contributed by atoms with Gasteiger partial charge in [0.15, 0.2) is 0 Å². The smallest absolute Gasteiger partial charge is 0.237 e. The van der Waals surface area contributed by atoms with Crippen molar-refractivity contribution in [2.45, 2.75) is 17.1 Å². The first kappa shape index (κ1) is 15.3. The van der Waals surface area contributed by atoms with Crippen molar-refractivity contribution in [3.63, 3.8) is 0 Å². The summed E-state index contributed by atoms with van der Waals surface area (Å²) in [5.41, 5.74) is 7.04. The summed E-state index contributed by atoms with van der Waals surface area (Å²) in [6.45, 7) is 1.88. The maximum atomic E-state index is 12.1. The lowest BCUT2D eigenvalue weighted by Gasteiger charge is -2.12. The van der Waals surface area contributed by atoms with E-state index in [1.165, 1.54) is 11.8 Å². The van der Waals surface area contributed by atoms with E-state index in [0.717, 1.165) is 16.3 Å². The first-order valence-electron chi connectivity index (χ1n) is 6.55. The Morgan fingerprint density at radius 2 is 1.76 bits per heavy atom. The predicted molar refractivity (Wildman–Crippen MR) is 87.8 cm³/mol. The van der Waals surface area contributed by atoms with Crippen LogP contribution in [-0.2, 0) is 4.79 Å². The summed E-state index contributed by atoms with van der Waals surface area (Å²) in [7, 11) is 1.63. The number of amides is 1. The van der Waals surface area contributed by atoms with Gasteiger partial charge in [-0.3, -0.25) is 4.79 Å². The molecule has 1 atom stereocenters. The van der Waals surface area contributed by atoms with Crippen molar-refractivity contribution in [2.75, 3.05) is 18.2 Å². The molecule has 0 aliphatic carbocycles. The number of nitrogens with one attached hydrogen (secondary N) is 1. The topological polar surface area (TPSA) is 64.3 Å². The highest BCUT2D eigenvalue weighted by Crippen LogP contribution is 2.26. The SMILES string of the molecule is COc1ccc(SC(C)C(=O)Nc2ccc(N)cc2)cc1. The molecule has 1 amide bonds. The lowest BCUT2D eigenvalue weighted by atomic mass is 10.3. The lowest BCUT2D eigenvalue weighted by Crippen LogP contribution is -2.22. The highest BCUT2D eigenvalue weighted by molar-refractivity contribution is 8.00. The Balaban J connectivity index is 1.93. The second-order valence-corrected chi connectivity index (χ2v) is 5.96. The number of rotatable bonds is 5. The fourth-order valence-electron chi connectivity index (χ4n) is 1.72. The molecular formula is C16H18N2O2S. The second-order valence-electron chi connectivity index (χ2n) is 4.55. The van der Waals surface area contributed by atoms with Crippen LogP contribution >= 0.6 is 11.8 Å². The summed E-state index contributed by atoms with van der Waals surface area (Å²) in [6, 6.07) is 14.7. The van der Waals surface area contributed by atoms with Crippen LogP contribution in [0.15, 0.2) is 53.4 Å². The first-order chi connectivity index (χ1) is 10.1. The van der Waals surface area contributed by atoms with Crippen molar-refractivity contribution >= 4 is 29.0 Å². The van der Waals surface area contributed by atoms with Crippen molar-refractivity contribution in [2.24, 2.45) is 0 Å². The molecule has 0 radical (unpaired) electrons. The van der Waals surface area contributed by atoms with E-state index in [-0.39, 0.29) is 11.2 Å². The molecule has 4 nitrogen and oxygen atoms in total. The minimum Gasteiger partial charge on any atom is -0.497 e. The summed E-state index contributed by atoms with van der Waals surface area (Å²) in [5.74, 6) is 0.763. The summed E-state index contributed by atoms with van der Waals surface area (Å²) in [6.07, 6.45) is 0. The van der Waals surface area contributed by atoms with Gasteiger partial charge in [0.2, 0.25) is 5.91 Å². The summed E-state index contributed by atoms with van der Waals surface area (Å²) in [5, 5.41) is 2.67. The number of anilines is 2. The van der Waals surface area contributed by atoms with Gasteiger partial charge in [-0.15, -0.1) is 11.8 Å². The third-order valence-electron chi connectivity index (χ3n) is 2.92. The van der Waals surface area contributed by atoms with Crippen molar-refractivity contribution < 1.29 is 9.53 Å². The van der Waals surface area contributed by atoms with E-state index in [2.05, 4.69) is 5.32 Å². The molecule has 5 heteroatoms.